The fourth-order valence-corrected chi connectivity index (χ4v) is 10.9. The smallest absolute Gasteiger partial charge is 0.274 e. The van der Waals surface area contributed by atoms with Crippen LogP contribution in [-0.4, -0.2) is 37.8 Å². The molecule has 1 N–H and O–H groups in total. The van der Waals surface area contributed by atoms with Crippen LogP contribution in [0.4, 0.5) is 15.9 Å². The molecular weight excluding hydrogens is 495 g/mol. The van der Waals surface area contributed by atoms with E-state index in [4.69, 9.17) is 4.43 Å². The predicted molar refractivity (Wildman–Crippen MR) is 156 cm³/mol. The molecule has 3 aromatic rings. The molecule has 0 saturated carbocycles. The first-order valence-corrected chi connectivity index (χ1v) is 15.5. The number of anilines is 2. The van der Waals surface area contributed by atoms with Crippen LogP contribution in [0.25, 0.3) is 0 Å². The number of halogens is 1. The molecular formula is C30H41FN4O2Si. The van der Waals surface area contributed by atoms with Gasteiger partial charge in [0.05, 0.1) is 0 Å². The summed E-state index contributed by atoms with van der Waals surface area (Å²) in [5, 5.41) is 2.92. The van der Waals surface area contributed by atoms with Gasteiger partial charge in [0.2, 0.25) is 0 Å². The lowest BCUT2D eigenvalue weighted by molar-refractivity contribution is 0.102. The van der Waals surface area contributed by atoms with Crippen molar-refractivity contribution in [3.8, 4) is 0 Å². The van der Waals surface area contributed by atoms with Crippen molar-refractivity contribution < 1.29 is 13.6 Å². The van der Waals surface area contributed by atoms with E-state index < -0.39 is 8.32 Å². The minimum absolute atomic E-state index is 0.272. The fraction of sp³-hybridized carbons (Fsp3) is 0.433. The molecule has 0 unspecified atom stereocenters. The Morgan fingerprint density at radius 1 is 0.921 bits per heavy atom. The van der Waals surface area contributed by atoms with E-state index in [-0.39, 0.29) is 17.4 Å². The average Bonchev–Trinajstić information content (AvgIpc) is 2.88. The van der Waals surface area contributed by atoms with Gasteiger partial charge >= 0.3 is 0 Å². The Morgan fingerprint density at radius 3 is 2.08 bits per heavy atom. The number of nitrogens with zero attached hydrogens (tertiary/aromatic N) is 3. The predicted octanol–water partition coefficient (Wildman–Crippen LogP) is 7.24. The molecule has 1 amide bonds. The van der Waals surface area contributed by atoms with Crippen LogP contribution in [0, 0.1) is 5.82 Å². The van der Waals surface area contributed by atoms with Crippen LogP contribution in [0.15, 0.2) is 60.9 Å². The lowest BCUT2D eigenvalue weighted by atomic mass is 10.1. The van der Waals surface area contributed by atoms with E-state index in [1.165, 1.54) is 24.0 Å². The van der Waals surface area contributed by atoms with E-state index in [0.29, 0.717) is 41.3 Å². The van der Waals surface area contributed by atoms with Crippen LogP contribution in [-0.2, 0) is 17.4 Å². The van der Waals surface area contributed by atoms with Gasteiger partial charge in [0.15, 0.2) is 8.32 Å². The highest BCUT2D eigenvalue weighted by atomic mass is 28.4. The van der Waals surface area contributed by atoms with Gasteiger partial charge in [0.25, 0.3) is 5.91 Å². The SMILES string of the molecule is CC(C)[Si](OCCc1ccc(NC(=O)c2cc(N(C)Cc3ccc(F)cc3)ncn2)cc1)(C(C)C)C(C)C. The maximum absolute atomic E-state index is 13.2. The normalized spacial score (nSPS) is 11.9. The van der Waals surface area contributed by atoms with Crippen molar-refractivity contribution >= 4 is 25.7 Å². The minimum Gasteiger partial charge on any atom is -0.416 e. The van der Waals surface area contributed by atoms with Gasteiger partial charge in [-0.2, -0.15) is 0 Å². The van der Waals surface area contributed by atoms with Crippen molar-refractivity contribution in [3.05, 3.63) is 83.6 Å². The number of carbonyl (C=O) groups is 1. The molecule has 8 heteroatoms. The Morgan fingerprint density at radius 2 is 1.50 bits per heavy atom. The summed E-state index contributed by atoms with van der Waals surface area (Å²) in [6, 6.07) is 15.9. The van der Waals surface area contributed by atoms with E-state index in [2.05, 4.69) is 56.8 Å². The molecule has 0 radical (unpaired) electrons. The molecule has 0 aliphatic carbocycles. The minimum atomic E-state index is -1.88. The first kappa shape index (κ1) is 29.5. The van der Waals surface area contributed by atoms with E-state index >= 15 is 0 Å². The van der Waals surface area contributed by atoms with E-state index in [1.54, 1.807) is 18.2 Å². The lowest BCUT2D eigenvalue weighted by Gasteiger charge is -2.42. The van der Waals surface area contributed by atoms with Gasteiger partial charge in [-0.05, 0) is 58.4 Å². The first-order chi connectivity index (χ1) is 18.0. The second-order valence-electron chi connectivity index (χ2n) is 10.8. The van der Waals surface area contributed by atoms with E-state index in [9.17, 15) is 9.18 Å². The topological polar surface area (TPSA) is 67.3 Å². The third-order valence-electron chi connectivity index (χ3n) is 7.27. The highest BCUT2D eigenvalue weighted by molar-refractivity contribution is 6.77. The lowest BCUT2D eigenvalue weighted by Crippen LogP contribution is -2.48. The first-order valence-electron chi connectivity index (χ1n) is 13.3. The molecule has 6 nitrogen and oxygen atoms in total. The zero-order chi connectivity index (χ0) is 27.9. The molecule has 1 aromatic heterocycles. The van der Waals surface area contributed by atoms with Crippen LogP contribution in [0.2, 0.25) is 16.6 Å². The number of carbonyl (C=O) groups excluding carboxylic acids is 1. The van der Waals surface area contributed by atoms with Crippen LogP contribution in [0.1, 0.15) is 63.2 Å². The van der Waals surface area contributed by atoms with Crippen LogP contribution in [0.3, 0.4) is 0 Å². The molecule has 0 bridgehead atoms. The number of nitrogens with one attached hydrogen (secondary N) is 1. The summed E-state index contributed by atoms with van der Waals surface area (Å²) < 4.78 is 19.9. The maximum Gasteiger partial charge on any atom is 0.274 e. The molecule has 204 valence electrons. The zero-order valence-corrected chi connectivity index (χ0v) is 24.7. The van der Waals surface area contributed by atoms with E-state index in [1.807, 2.05) is 36.2 Å². The van der Waals surface area contributed by atoms with Crippen molar-refractivity contribution in [3.63, 3.8) is 0 Å². The van der Waals surface area contributed by atoms with Crippen LogP contribution in [0.5, 0.6) is 0 Å². The summed E-state index contributed by atoms with van der Waals surface area (Å²) in [5.74, 6) is 0.0287. The van der Waals surface area contributed by atoms with Gasteiger partial charge in [-0.3, -0.25) is 4.79 Å². The summed E-state index contributed by atoms with van der Waals surface area (Å²) in [4.78, 5) is 23.2. The summed E-state index contributed by atoms with van der Waals surface area (Å²) in [7, 11) is -0.00970. The van der Waals surface area contributed by atoms with Gasteiger partial charge in [-0.25, -0.2) is 14.4 Å². The number of benzene rings is 2. The third-order valence-corrected chi connectivity index (χ3v) is 13.4. The van der Waals surface area contributed by atoms with Gasteiger partial charge < -0.3 is 14.6 Å². The Hall–Kier alpha value is -3.10. The fourth-order valence-electron chi connectivity index (χ4n) is 5.42. The van der Waals surface area contributed by atoms with Crippen molar-refractivity contribution in [2.24, 2.45) is 0 Å². The summed E-state index contributed by atoms with van der Waals surface area (Å²) >= 11 is 0. The van der Waals surface area contributed by atoms with Crippen LogP contribution >= 0.6 is 0 Å². The number of aromatic nitrogens is 2. The molecule has 0 spiro atoms. The molecule has 0 saturated heterocycles. The highest BCUT2D eigenvalue weighted by Crippen LogP contribution is 2.42. The summed E-state index contributed by atoms with van der Waals surface area (Å²) in [6.45, 7) is 15.0. The van der Waals surface area contributed by atoms with Crippen molar-refractivity contribution in [2.45, 2.75) is 71.1 Å². The Balaban J connectivity index is 1.58. The standard InChI is InChI=1S/C30H41FN4O2Si/c1-21(2)38(22(3)4,23(5)6)37-17-16-24-10-14-27(15-11-24)34-30(36)28-18-29(33-20-32-28)35(7)19-25-8-12-26(31)13-9-25/h8-15,18,20-23H,16-17,19H2,1-7H3,(H,34,36). The monoisotopic (exact) mass is 536 g/mol. The largest absolute Gasteiger partial charge is 0.416 e. The maximum atomic E-state index is 13.2. The Labute approximate surface area is 227 Å². The molecule has 0 aliphatic rings. The summed E-state index contributed by atoms with van der Waals surface area (Å²) in [5.41, 5.74) is 4.77. The Bertz CT molecular complexity index is 1160. The van der Waals surface area contributed by atoms with Gasteiger partial charge in [-0.15, -0.1) is 0 Å². The number of rotatable bonds is 12. The van der Waals surface area contributed by atoms with Crippen molar-refractivity contribution in [1.29, 1.82) is 0 Å². The molecule has 1 heterocycles. The number of hydrogen-bond acceptors (Lipinski definition) is 5. The number of amides is 1. The second-order valence-corrected chi connectivity index (χ2v) is 16.3. The molecule has 0 atom stereocenters. The van der Waals surface area contributed by atoms with Crippen molar-refractivity contribution in [1.82, 2.24) is 9.97 Å². The second kappa shape index (κ2) is 13.1. The van der Waals surface area contributed by atoms with E-state index in [0.717, 1.165) is 12.0 Å². The molecule has 0 aliphatic heterocycles. The molecule has 3 rings (SSSR count). The van der Waals surface area contributed by atoms with Crippen molar-refractivity contribution in [2.75, 3.05) is 23.9 Å². The molecule has 38 heavy (non-hydrogen) atoms. The summed E-state index contributed by atoms with van der Waals surface area (Å²) in [6.07, 6.45) is 2.22. The van der Waals surface area contributed by atoms with Gasteiger partial charge in [0.1, 0.15) is 23.7 Å². The highest BCUT2D eigenvalue weighted by Gasteiger charge is 2.44. The Kier molecular flexibility index (Phi) is 10.2. The number of hydrogen-bond donors (Lipinski definition) is 1. The third kappa shape index (κ3) is 7.26. The molecule has 0 fully saturated rings. The quantitative estimate of drug-likeness (QED) is 0.247. The zero-order valence-electron chi connectivity index (χ0n) is 23.7. The van der Waals surface area contributed by atoms with Gasteiger partial charge in [-0.1, -0.05) is 65.8 Å². The van der Waals surface area contributed by atoms with Gasteiger partial charge in [0, 0.05) is 32.0 Å². The van der Waals surface area contributed by atoms with Crippen LogP contribution < -0.4 is 10.2 Å². The average molecular weight is 537 g/mol. The molecule has 2 aromatic carbocycles.